The smallest absolute Gasteiger partial charge is 0.221 e. The van der Waals surface area contributed by atoms with Crippen molar-refractivity contribution >= 4 is 0 Å². The zero-order valence-corrected chi connectivity index (χ0v) is 11.6. The van der Waals surface area contributed by atoms with Gasteiger partial charge in [-0.2, -0.15) is 0 Å². The zero-order valence-electron chi connectivity index (χ0n) is 11.6. The molecular formula is C12H20O10. The van der Waals surface area contributed by atoms with E-state index in [-0.39, 0.29) is 13.2 Å². The minimum Gasteiger partial charge on any atom is -0.391 e. The molecular weight excluding hydrogens is 304 g/mol. The summed E-state index contributed by atoms with van der Waals surface area (Å²) in [6, 6.07) is 0. The maximum absolute atomic E-state index is 10.0. The summed E-state index contributed by atoms with van der Waals surface area (Å²) >= 11 is 0. The summed E-state index contributed by atoms with van der Waals surface area (Å²) < 4.78 is 21.5. The lowest BCUT2D eigenvalue weighted by atomic mass is 10.0. The van der Waals surface area contributed by atoms with Gasteiger partial charge < -0.3 is 49.6 Å². The van der Waals surface area contributed by atoms with Gasteiger partial charge in [0, 0.05) is 0 Å². The molecule has 10 nitrogen and oxygen atoms in total. The van der Waals surface area contributed by atoms with Crippen molar-refractivity contribution in [1.29, 1.82) is 0 Å². The molecule has 0 aromatic heterocycles. The van der Waals surface area contributed by atoms with E-state index in [0.29, 0.717) is 0 Å². The van der Waals surface area contributed by atoms with E-state index < -0.39 is 61.4 Å². The maximum Gasteiger partial charge on any atom is 0.221 e. The lowest BCUT2D eigenvalue weighted by molar-refractivity contribution is -0.328. The van der Waals surface area contributed by atoms with Crippen LogP contribution in [0.15, 0.2) is 0 Å². The maximum atomic E-state index is 10.0. The Hall–Kier alpha value is -0.400. The Balaban J connectivity index is 1.90. The standard InChI is InChI=1S/C12H20O10/c13-3-11-10(18)8(16)6(22-11)2-20-12(4-14)9(17)7(15)5(21-12)1-19-11/h5-10,13-18H,1-4H2/t5-,6-,7+,8+,9-,10+,11-,12-/m1/s1. The zero-order chi connectivity index (χ0) is 16.1. The highest BCUT2D eigenvalue weighted by Gasteiger charge is 2.61. The fraction of sp³-hybridized carbons (Fsp3) is 1.00. The molecule has 128 valence electrons. The van der Waals surface area contributed by atoms with Gasteiger partial charge in [-0.05, 0) is 0 Å². The summed E-state index contributed by atoms with van der Waals surface area (Å²) in [5.74, 6) is -3.74. The Morgan fingerprint density at radius 3 is 1.41 bits per heavy atom. The highest BCUT2D eigenvalue weighted by atomic mass is 16.8. The van der Waals surface area contributed by atoms with Crippen LogP contribution in [-0.4, -0.2) is 105 Å². The minimum absolute atomic E-state index is 0.361. The summed E-state index contributed by atoms with van der Waals surface area (Å²) in [5, 5.41) is 59.0. The van der Waals surface area contributed by atoms with E-state index >= 15 is 0 Å². The van der Waals surface area contributed by atoms with Gasteiger partial charge in [-0.25, -0.2) is 0 Å². The summed E-state index contributed by atoms with van der Waals surface area (Å²) in [5.41, 5.74) is 0. The number of hydrogen-bond acceptors (Lipinski definition) is 10. The van der Waals surface area contributed by atoms with Crippen molar-refractivity contribution in [3.63, 3.8) is 0 Å². The van der Waals surface area contributed by atoms with Crippen LogP contribution in [0.5, 0.6) is 0 Å². The SMILES string of the molecule is OC[C@@]12OC[C@H]3O[C@@](CO)(OC[C@@H](O1)[C@H](O)[C@H]2O)[C@@H](O)[C@H]3O. The van der Waals surface area contributed by atoms with Crippen LogP contribution < -0.4 is 0 Å². The van der Waals surface area contributed by atoms with Crippen LogP contribution in [0.3, 0.4) is 0 Å². The summed E-state index contributed by atoms with van der Waals surface area (Å²) in [7, 11) is 0. The molecule has 6 N–H and O–H groups in total. The van der Waals surface area contributed by atoms with Crippen LogP contribution in [-0.2, 0) is 18.9 Å². The quantitative estimate of drug-likeness (QED) is 0.293. The number of aliphatic hydroxyl groups is 6. The van der Waals surface area contributed by atoms with Gasteiger partial charge in [0.15, 0.2) is 0 Å². The van der Waals surface area contributed by atoms with E-state index in [9.17, 15) is 30.6 Å². The predicted molar refractivity (Wildman–Crippen MR) is 65.3 cm³/mol. The number of hydrogen-bond donors (Lipinski definition) is 6. The molecule has 4 bridgehead atoms. The third kappa shape index (κ3) is 2.19. The molecule has 0 spiro atoms. The van der Waals surface area contributed by atoms with Crippen LogP contribution in [0.2, 0.25) is 0 Å². The molecule has 0 unspecified atom stereocenters. The summed E-state index contributed by atoms with van der Waals surface area (Å²) in [6.07, 6.45) is -8.01. The van der Waals surface area contributed by atoms with Crippen molar-refractivity contribution in [1.82, 2.24) is 0 Å². The number of ether oxygens (including phenoxy) is 4. The number of rotatable bonds is 2. The van der Waals surface area contributed by atoms with Crippen LogP contribution in [0.1, 0.15) is 0 Å². The fourth-order valence-corrected chi connectivity index (χ4v) is 3.02. The van der Waals surface area contributed by atoms with Gasteiger partial charge in [-0.3, -0.25) is 0 Å². The van der Waals surface area contributed by atoms with E-state index in [0.717, 1.165) is 0 Å². The first-order valence-electron chi connectivity index (χ1n) is 6.96. The Bertz CT molecular complexity index is 383. The van der Waals surface area contributed by atoms with Gasteiger partial charge in [0.05, 0.1) is 13.2 Å². The van der Waals surface area contributed by atoms with Crippen molar-refractivity contribution in [2.75, 3.05) is 26.4 Å². The first kappa shape index (κ1) is 16.5. The molecule has 3 aliphatic rings. The van der Waals surface area contributed by atoms with Crippen LogP contribution in [0.4, 0.5) is 0 Å². The third-order valence-electron chi connectivity index (χ3n) is 4.44. The first-order valence-corrected chi connectivity index (χ1v) is 6.96. The van der Waals surface area contributed by atoms with E-state index in [1.165, 1.54) is 0 Å². The molecule has 3 fully saturated rings. The molecule has 0 aromatic rings. The fourth-order valence-electron chi connectivity index (χ4n) is 3.02. The van der Waals surface area contributed by atoms with Gasteiger partial charge in [-0.1, -0.05) is 0 Å². The molecule has 8 atom stereocenters. The molecule has 3 saturated heterocycles. The summed E-state index contributed by atoms with van der Waals surface area (Å²) in [4.78, 5) is 0. The Morgan fingerprint density at radius 1 is 0.727 bits per heavy atom. The van der Waals surface area contributed by atoms with Crippen molar-refractivity contribution < 1.29 is 49.6 Å². The second kappa shape index (κ2) is 5.60. The van der Waals surface area contributed by atoms with Crippen molar-refractivity contribution in [3.8, 4) is 0 Å². The van der Waals surface area contributed by atoms with Crippen LogP contribution >= 0.6 is 0 Å². The van der Waals surface area contributed by atoms with Crippen molar-refractivity contribution in [3.05, 3.63) is 0 Å². The molecule has 0 radical (unpaired) electrons. The molecule has 3 rings (SSSR count). The van der Waals surface area contributed by atoms with Crippen LogP contribution in [0.25, 0.3) is 0 Å². The molecule has 0 aliphatic carbocycles. The second-order valence-corrected chi connectivity index (χ2v) is 5.75. The molecule has 10 heteroatoms. The molecule has 3 aliphatic heterocycles. The highest BCUT2D eigenvalue weighted by Crippen LogP contribution is 2.39. The normalized spacial score (nSPS) is 55.4. The van der Waals surface area contributed by atoms with Gasteiger partial charge in [-0.15, -0.1) is 0 Å². The lowest BCUT2D eigenvalue weighted by Gasteiger charge is -2.34. The van der Waals surface area contributed by atoms with Gasteiger partial charge in [0.2, 0.25) is 11.6 Å². The third-order valence-corrected chi connectivity index (χ3v) is 4.44. The largest absolute Gasteiger partial charge is 0.391 e. The molecule has 0 amide bonds. The van der Waals surface area contributed by atoms with Gasteiger partial charge in [0.1, 0.15) is 49.8 Å². The van der Waals surface area contributed by atoms with E-state index in [1.807, 2.05) is 0 Å². The number of fused-ring (bicyclic) bond motifs is 4. The Kier molecular flexibility index (Phi) is 4.19. The van der Waals surface area contributed by atoms with Crippen molar-refractivity contribution in [2.45, 2.75) is 48.2 Å². The van der Waals surface area contributed by atoms with Crippen LogP contribution in [0, 0.1) is 0 Å². The second-order valence-electron chi connectivity index (χ2n) is 5.75. The first-order chi connectivity index (χ1) is 10.4. The lowest BCUT2D eigenvalue weighted by Crippen LogP contribution is -2.50. The monoisotopic (exact) mass is 324 g/mol. The summed E-state index contributed by atoms with van der Waals surface area (Å²) in [6.45, 7) is -2.20. The molecule has 3 heterocycles. The van der Waals surface area contributed by atoms with Crippen molar-refractivity contribution in [2.24, 2.45) is 0 Å². The van der Waals surface area contributed by atoms with Gasteiger partial charge >= 0.3 is 0 Å². The Labute approximate surface area is 125 Å². The molecule has 22 heavy (non-hydrogen) atoms. The van der Waals surface area contributed by atoms with E-state index in [4.69, 9.17) is 18.9 Å². The molecule has 0 saturated carbocycles. The highest BCUT2D eigenvalue weighted by molar-refractivity contribution is 5.01. The topological polar surface area (TPSA) is 158 Å². The van der Waals surface area contributed by atoms with E-state index in [1.54, 1.807) is 0 Å². The average Bonchev–Trinajstić information content (AvgIpc) is 2.91. The number of aliphatic hydroxyl groups excluding tert-OH is 6. The average molecular weight is 324 g/mol. The van der Waals surface area contributed by atoms with E-state index in [2.05, 4.69) is 0 Å². The Morgan fingerprint density at radius 2 is 1.09 bits per heavy atom. The van der Waals surface area contributed by atoms with Gasteiger partial charge in [0.25, 0.3) is 0 Å². The molecule has 0 aromatic carbocycles. The minimum atomic E-state index is -1.87. The predicted octanol–water partition coefficient (Wildman–Crippen LogP) is -4.35.